The lowest BCUT2D eigenvalue weighted by Gasteiger charge is -2.10. The lowest BCUT2D eigenvalue weighted by Crippen LogP contribution is -2.18. The fourth-order valence-electron chi connectivity index (χ4n) is 1.62. The molecule has 1 saturated heterocycles. The first-order valence-corrected chi connectivity index (χ1v) is 4.59. The quantitative estimate of drug-likeness (QED) is 0.761. The second-order valence-electron chi connectivity index (χ2n) is 3.29. The van der Waals surface area contributed by atoms with Crippen LogP contribution in [-0.2, 0) is 4.79 Å². The maximum absolute atomic E-state index is 11.0. The minimum absolute atomic E-state index is 0.116. The minimum Gasteiger partial charge on any atom is -0.481 e. The smallest absolute Gasteiger partial charge is 0.220 e. The molecule has 0 saturated carbocycles. The molecule has 0 aliphatic carbocycles. The molecule has 4 nitrogen and oxygen atoms in total. The Morgan fingerprint density at radius 3 is 3.14 bits per heavy atom. The van der Waals surface area contributed by atoms with Gasteiger partial charge in [0, 0.05) is 18.7 Å². The molecule has 1 aliphatic rings. The Hall–Kier alpha value is -1.58. The van der Waals surface area contributed by atoms with E-state index in [0.29, 0.717) is 12.3 Å². The van der Waals surface area contributed by atoms with Crippen molar-refractivity contribution >= 4 is 5.91 Å². The molecule has 1 atom stereocenters. The molecule has 0 aromatic carbocycles. The summed E-state index contributed by atoms with van der Waals surface area (Å²) >= 11 is 0. The van der Waals surface area contributed by atoms with Gasteiger partial charge in [-0.2, -0.15) is 0 Å². The van der Waals surface area contributed by atoms with Crippen LogP contribution in [0.4, 0.5) is 0 Å². The number of aromatic nitrogens is 1. The van der Waals surface area contributed by atoms with Crippen LogP contribution in [0.15, 0.2) is 18.3 Å². The summed E-state index contributed by atoms with van der Waals surface area (Å²) in [6.45, 7) is 0. The van der Waals surface area contributed by atoms with Crippen LogP contribution in [0.2, 0.25) is 0 Å². The van der Waals surface area contributed by atoms with Crippen molar-refractivity contribution in [3.8, 4) is 5.88 Å². The zero-order valence-electron chi connectivity index (χ0n) is 7.99. The Morgan fingerprint density at radius 2 is 2.50 bits per heavy atom. The van der Waals surface area contributed by atoms with E-state index < -0.39 is 0 Å². The summed E-state index contributed by atoms with van der Waals surface area (Å²) in [7, 11) is 1.58. The third-order valence-corrected chi connectivity index (χ3v) is 2.37. The Bertz CT molecular complexity index is 352. The second kappa shape index (κ2) is 3.65. The molecule has 1 aliphatic heterocycles. The molecule has 1 aromatic heterocycles. The maximum atomic E-state index is 11.0. The van der Waals surface area contributed by atoms with Crippen molar-refractivity contribution in [3.05, 3.63) is 23.9 Å². The van der Waals surface area contributed by atoms with Crippen LogP contribution >= 0.6 is 0 Å². The van der Waals surface area contributed by atoms with Crippen LogP contribution in [-0.4, -0.2) is 18.0 Å². The highest BCUT2D eigenvalue weighted by atomic mass is 16.5. The van der Waals surface area contributed by atoms with Crippen molar-refractivity contribution in [3.63, 3.8) is 0 Å². The van der Waals surface area contributed by atoms with Crippen molar-refractivity contribution in [2.45, 2.75) is 18.9 Å². The molecule has 1 fully saturated rings. The maximum Gasteiger partial charge on any atom is 0.220 e. The number of rotatable bonds is 2. The Labute approximate surface area is 82.3 Å². The summed E-state index contributed by atoms with van der Waals surface area (Å²) in [5, 5.41) is 2.90. The number of carbonyl (C=O) groups excluding carboxylic acids is 1. The van der Waals surface area contributed by atoms with E-state index in [0.717, 1.165) is 12.0 Å². The number of methoxy groups -OCH3 is 1. The van der Waals surface area contributed by atoms with Gasteiger partial charge in [-0.15, -0.1) is 0 Å². The van der Waals surface area contributed by atoms with Gasteiger partial charge in [-0.05, 0) is 18.1 Å². The number of carbonyl (C=O) groups is 1. The van der Waals surface area contributed by atoms with Crippen molar-refractivity contribution < 1.29 is 9.53 Å². The number of nitrogens with one attached hydrogen (secondary N) is 1. The highest BCUT2D eigenvalue weighted by molar-refractivity contribution is 5.78. The molecule has 4 heteroatoms. The normalized spacial score (nSPS) is 20.6. The third kappa shape index (κ3) is 1.69. The van der Waals surface area contributed by atoms with Crippen LogP contribution < -0.4 is 10.1 Å². The molecule has 1 aromatic rings. The van der Waals surface area contributed by atoms with E-state index in [1.165, 1.54) is 0 Å². The molecule has 14 heavy (non-hydrogen) atoms. The molecule has 0 bridgehead atoms. The van der Waals surface area contributed by atoms with E-state index in [9.17, 15) is 4.79 Å². The first-order chi connectivity index (χ1) is 6.79. The molecule has 2 heterocycles. The highest BCUT2D eigenvalue weighted by Gasteiger charge is 2.22. The van der Waals surface area contributed by atoms with Crippen LogP contribution in [0, 0.1) is 0 Å². The van der Waals surface area contributed by atoms with Crippen LogP contribution in [0.5, 0.6) is 5.88 Å². The number of hydrogen-bond donors (Lipinski definition) is 1. The molecule has 74 valence electrons. The Kier molecular flexibility index (Phi) is 2.35. The molecular formula is C10H12N2O2. The number of hydrogen-bond acceptors (Lipinski definition) is 3. The van der Waals surface area contributed by atoms with Gasteiger partial charge in [0.05, 0.1) is 13.2 Å². The average Bonchev–Trinajstić information content (AvgIpc) is 2.65. The number of amides is 1. The lowest BCUT2D eigenvalue weighted by atomic mass is 10.1. The lowest BCUT2D eigenvalue weighted by molar-refractivity contribution is -0.119. The first kappa shape index (κ1) is 8.99. The van der Waals surface area contributed by atoms with Crippen molar-refractivity contribution in [2.24, 2.45) is 0 Å². The van der Waals surface area contributed by atoms with Crippen LogP contribution in [0.25, 0.3) is 0 Å². The monoisotopic (exact) mass is 192 g/mol. The fraction of sp³-hybridized carbons (Fsp3) is 0.400. The summed E-state index contributed by atoms with van der Waals surface area (Å²) in [5.41, 5.74) is 1.06. The SMILES string of the molecule is COc1cc(C2CCC(=O)N2)ccn1. The minimum atomic E-state index is 0.116. The van der Waals surface area contributed by atoms with E-state index in [1.807, 2.05) is 12.1 Å². The average molecular weight is 192 g/mol. The molecule has 1 N–H and O–H groups in total. The van der Waals surface area contributed by atoms with Crippen molar-refractivity contribution in [1.82, 2.24) is 10.3 Å². The molecule has 0 spiro atoms. The molecule has 2 rings (SSSR count). The van der Waals surface area contributed by atoms with Gasteiger partial charge in [-0.3, -0.25) is 4.79 Å². The van der Waals surface area contributed by atoms with Gasteiger partial charge in [0.2, 0.25) is 11.8 Å². The summed E-state index contributed by atoms with van der Waals surface area (Å²) in [4.78, 5) is 15.0. The van der Waals surface area contributed by atoms with Gasteiger partial charge in [0.1, 0.15) is 0 Å². The van der Waals surface area contributed by atoms with Gasteiger partial charge in [-0.25, -0.2) is 4.98 Å². The van der Waals surface area contributed by atoms with E-state index in [4.69, 9.17) is 4.74 Å². The predicted octanol–water partition coefficient (Wildman–Crippen LogP) is 1.04. The molecular weight excluding hydrogens is 180 g/mol. The van der Waals surface area contributed by atoms with Gasteiger partial charge in [0.15, 0.2) is 0 Å². The van der Waals surface area contributed by atoms with Gasteiger partial charge >= 0.3 is 0 Å². The highest BCUT2D eigenvalue weighted by Crippen LogP contribution is 2.24. The van der Waals surface area contributed by atoms with E-state index in [2.05, 4.69) is 10.3 Å². The van der Waals surface area contributed by atoms with E-state index >= 15 is 0 Å². The number of pyridine rings is 1. The Morgan fingerprint density at radius 1 is 1.64 bits per heavy atom. The van der Waals surface area contributed by atoms with Gasteiger partial charge in [0.25, 0.3) is 0 Å². The standard InChI is InChI=1S/C10H12N2O2/c1-14-10-6-7(4-5-11-10)8-2-3-9(13)12-8/h4-6,8H,2-3H2,1H3,(H,12,13). The third-order valence-electron chi connectivity index (χ3n) is 2.37. The van der Waals surface area contributed by atoms with Crippen molar-refractivity contribution in [2.75, 3.05) is 7.11 Å². The number of ether oxygens (including phenoxy) is 1. The van der Waals surface area contributed by atoms with Crippen LogP contribution in [0.1, 0.15) is 24.4 Å². The zero-order chi connectivity index (χ0) is 9.97. The molecule has 1 unspecified atom stereocenters. The summed E-state index contributed by atoms with van der Waals surface area (Å²) in [6, 6.07) is 3.88. The molecule has 1 amide bonds. The van der Waals surface area contributed by atoms with Gasteiger partial charge < -0.3 is 10.1 Å². The van der Waals surface area contributed by atoms with E-state index in [-0.39, 0.29) is 11.9 Å². The largest absolute Gasteiger partial charge is 0.481 e. The summed E-state index contributed by atoms with van der Waals surface area (Å²) in [5.74, 6) is 0.703. The Balaban J connectivity index is 2.19. The fourth-order valence-corrected chi connectivity index (χ4v) is 1.62. The molecule has 0 radical (unpaired) electrons. The summed E-state index contributed by atoms with van der Waals surface area (Å²) < 4.78 is 5.02. The topological polar surface area (TPSA) is 51.2 Å². The number of nitrogens with zero attached hydrogens (tertiary/aromatic N) is 1. The predicted molar refractivity (Wildman–Crippen MR) is 50.9 cm³/mol. The van der Waals surface area contributed by atoms with Gasteiger partial charge in [-0.1, -0.05) is 0 Å². The first-order valence-electron chi connectivity index (χ1n) is 4.59. The second-order valence-corrected chi connectivity index (χ2v) is 3.29. The summed E-state index contributed by atoms with van der Waals surface area (Å²) in [6.07, 6.45) is 3.15. The van der Waals surface area contributed by atoms with Crippen LogP contribution in [0.3, 0.4) is 0 Å². The van der Waals surface area contributed by atoms with Crippen molar-refractivity contribution in [1.29, 1.82) is 0 Å². The zero-order valence-corrected chi connectivity index (χ0v) is 7.99. The van der Waals surface area contributed by atoms with E-state index in [1.54, 1.807) is 13.3 Å².